The lowest BCUT2D eigenvalue weighted by molar-refractivity contribution is 0.0697. The Morgan fingerprint density at radius 1 is 1.24 bits per heavy atom. The SMILES string of the molecule is CSCCC(N)c1nc2ccccc2n1Cc1ccc(C(=O)O)cc1. The van der Waals surface area contributed by atoms with E-state index in [2.05, 4.69) is 10.8 Å². The van der Waals surface area contributed by atoms with Gasteiger partial charge in [-0.15, -0.1) is 0 Å². The van der Waals surface area contributed by atoms with Crippen LogP contribution >= 0.6 is 11.8 Å². The molecular formula is C19H21N3O2S. The average molecular weight is 355 g/mol. The van der Waals surface area contributed by atoms with Crippen LogP contribution in [-0.2, 0) is 6.54 Å². The maximum absolute atomic E-state index is 11.0. The number of hydrogen-bond donors (Lipinski definition) is 2. The Morgan fingerprint density at radius 2 is 1.96 bits per heavy atom. The maximum Gasteiger partial charge on any atom is 0.335 e. The molecule has 1 unspecified atom stereocenters. The van der Waals surface area contributed by atoms with Gasteiger partial charge in [0.15, 0.2) is 0 Å². The number of fused-ring (bicyclic) bond motifs is 1. The summed E-state index contributed by atoms with van der Waals surface area (Å²) < 4.78 is 2.14. The number of carboxylic acid groups (broad SMARTS) is 1. The van der Waals surface area contributed by atoms with Crippen LogP contribution in [0, 0.1) is 0 Å². The van der Waals surface area contributed by atoms with Crippen molar-refractivity contribution in [3.63, 3.8) is 0 Å². The Labute approximate surface area is 150 Å². The molecule has 0 spiro atoms. The van der Waals surface area contributed by atoms with Crippen molar-refractivity contribution in [2.75, 3.05) is 12.0 Å². The van der Waals surface area contributed by atoms with E-state index in [1.165, 1.54) is 0 Å². The van der Waals surface area contributed by atoms with Crippen molar-refractivity contribution >= 4 is 28.8 Å². The monoisotopic (exact) mass is 355 g/mol. The fourth-order valence-corrected chi connectivity index (χ4v) is 3.34. The number of nitrogens with zero attached hydrogens (tertiary/aromatic N) is 2. The Bertz CT molecular complexity index is 874. The van der Waals surface area contributed by atoms with Crippen LogP contribution in [-0.4, -0.2) is 32.6 Å². The summed E-state index contributed by atoms with van der Waals surface area (Å²) in [6.45, 7) is 0.614. The van der Waals surface area contributed by atoms with E-state index in [4.69, 9.17) is 15.8 Å². The molecule has 3 aromatic rings. The van der Waals surface area contributed by atoms with Gasteiger partial charge >= 0.3 is 5.97 Å². The molecule has 0 aliphatic heterocycles. The van der Waals surface area contributed by atoms with Crippen LogP contribution in [0.25, 0.3) is 11.0 Å². The third-order valence-corrected chi connectivity index (χ3v) is 4.83. The minimum absolute atomic E-state index is 0.127. The minimum atomic E-state index is -0.917. The van der Waals surface area contributed by atoms with Gasteiger partial charge in [-0.2, -0.15) is 11.8 Å². The van der Waals surface area contributed by atoms with Gasteiger partial charge in [0, 0.05) is 6.54 Å². The summed E-state index contributed by atoms with van der Waals surface area (Å²) in [6, 6.07) is 14.8. The topological polar surface area (TPSA) is 81.1 Å². The molecule has 1 atom stereocenters. The molecule has 3 N–H and O–H groups in total. The summed E-state index contributed by atoms with van der Waals surface area (Å²) in [7, 11) is 0. The zero-order valence-electron chi connectivity index (χ0n) is 14.1. The molecule has 0 amide bonds. The number of thioether (sulfide) groups is 1. The highest BCUT2D eigenvalue weighted by Crippen LogP contribution is 2.23. The average Bonchev–Trinajstić information content (AvgIpc) is 2.99. The number of para-hydroxylation sites is 2. The molecule has 1 heterocycles. The molecule has 1 aromatic heterocycles. The smallest absolute Gasteiger partial charge is 0.335 e. The minimum Gasteiger partial charge on any atom is -0.478 e. The number of rotatable bonds is 7. The number of benzene rings is 2. The molecule has 6 heteroatoms. The second-order valence-corrected chi connectivity index (χ2v) is 6.92. The molecule has 0 fully saturated rings. The zero-order valence-corrected chi connectivity index (χ0v) is 14.9. The van der Waals surface area contributed by atoms with Gasteiger partial charge < -0.3 is 15.4 Å². The molecule has 0 aliphatic rings. The van der Waals surface area contributed by atoms with Gasteiger partial charge in [-0.3, -0.25) is 0 Å². The number of carboxylic acids is 1. The molecule has 0 radical (unpaired) electrons. The van der Waals surface area contributed by atoms with Crippen molar-refractivity contribution in [1.29, 1.82) is 0 Å². The summed E-state index contributed by atoms with van der Waals surface area (Å²) in [5.41, 5.74) is 9.67. The van der Waals surface area contributed by atoms with E-state index in [-0.39, 0.29) is 11.6 Å². The van der Waals surface area contributed by atoms with Crippen molar-refractivity contribution in [2.24, 2.45) is 5.73 Å². The summed E-state index contributed by atoms with van der Waals surface area (Å²) in [5, 5.41) is 9.04. The predicted octanol–water partition coefficient (Wildman–Crippen LogP) is 3.54. The quantitative estimate of drug-likeness (QED) is 0.677. The zero-order chi connectivity index (χ0) is 17.8. The van der Waals surface area contributed by atoms with Crippen LogP contribution in [0.5, 0.6) is 0 Å². The molecular weight excluding hydrogens is 334 g/mol. The van der Waals surface area contributed by atoms with E-state index < -0.39 is 5.97 Å². The van der Waals surface area contributed by atoms with Gasteiger partial charge in [0.25, 0.3) is 0 Å². The van der Waals surface area contributed by atoms with Crippen molar-refractivity contribution in [1.82, 2.24) is 9.55 Å². The maximum atomic E-state index is 11.0. The van der Waals surface area contributed by atoms with Gasteiger partial charge in [-0.1, -0.05) is 24.3 Å². The van der Waals surface area contributed by atoms with Crippen LogP contribution < -0.4 is 5.73 Å². The molecule has 2 aromatic carbocycles. The predicted molar refractivity (Wildman–Crippen MR) is 102 cm³/mol. The van der Waals surface area contributed by atoms with Crippen molar-refractivity contribution in [3.05, 3.63) is 65.5 Å². The largest absolute Gasteiger partial charge is 0.478 e. The Balaban J connectivity index is 1.96. The summed E-state index contributed by atoms with van der Waals surface area (Å²) in [4.78, 5) is 15.8. The number of imidazole rings is 1. The van der Waals surface area contributed by atoms with Crippen LogP contribution in [0.4, 0.5) is 0 Å². The first-order valence-electron chi connectivity index (χ1n) is 8.12. The summed E-state index contributed by atoms with van der Waals surface area (Å²) in [6.07, 6.45) is 2.93. The lowest BCUT2D eigenvalue weighted by atomic mass is 10.1. The van der Waals surface area contributed by atoms with E-state index in [1.54, 1.807) is 23.9 Å². The van der Waals surface area contributed by atoms with Gasteiger partial charge in [0.05, 0.1) is 22.6 Å². The lowest BCUT2D eigenvalue weighted by Gasteiger charge is -2.15. The molecule has 0 saturated heterocycles. The van der Waals surface area contributed by atoms with Crippen molar-refractivity contribution in [2.45, 2.75) is 19.0 Å². The van der Waals surface area contributed by atoms with Crippen LogP contribution in [0.1, 0.15) is 34.2 Å². The molecule has 3 rings (SSSR count). The number of aromatic nitrogens is 2. The first kappa shape index (κ1) is 17.5. The van der Waals surface area contributed by atoms with Crippen molar-refractivity contribution < 1.29 is 9.90 Å². The summed E-state index contributed by atoms with van der Waals surface area (Å²) >= 11 is 1.77. The number of hydrogen-bond acceptors (Lipinski definition) is 4. The number of aromatic carboxylic acids is 1. The summed E-state index contributed by atoms with van der Waals surface area (Å²) in [5.74, 6) is 0.939. The third-order valence-electron chi connectivity index (χ3n) is 4.19. The van der Waals surface area contributed by atoms with E-state index in [9.17, 15) is 4.79 Å². The van der Waals surface area contributed by atoms with Crippen LogP contribution in [0.15, 0.2) is 48.5 Å². The molecule has 0 bridgehead atoms. The van der Waals surface area contributed by atoms with E-state index >= 15 is 0 Å². The molecule has 25 heavy (non-hydrogen) atoms. The van der Waals surface area contributed by atoms with Crippen LogP contribution in [0.2, 0.25) is 0 Å². The highest BCUT2D eigenvalue weighted by Gasteiger charge is 2.17. The van der Waals surface area contributed by atoms with Gasteiger partial charge in [-0.25, -0.2) is 9.78 Å². The number of carbonyl (C=O) groups is 1. The normalized spacial score (nSPS) is 12.4. The Morgan fingerprint density at radius 3 is 2.64 bits per heavy atom. The van der Waals surface area contributed by atoms with Crippen molar-refractivity contribution in [3.8, 4) is 0 Å². The highest BCUT2D eigenvalue weighted by molar-refractivity contribution is 7.98. The fourth-order valence-electron chi connectivity index (χ4n) is 2.85. The second kappa shape index (κ2) is 7.72. The number of nitrogens with two attached hydrogens (primary N) is 1. The molecule has 0 aliphatic carbocycles. The fraction of sp³-hybridized carbons (Fsp3) is 0.263. The van der Waals surface area contributed by atoms with Gasteiger partial charge in [-0.05, 0) is 48.3 Å². The standard InChI is InChI=1S/C19H21N3O2S/c1-25-11-10-15(20)18-21-16-4-2-3-5-17(16)22(18)12-13-6-8-14(9-7-13)19(23)24/h2-9,15H,10-12,20H2,1H3,(H,23,24). The Hall–Kier alpha value is -2.31. The molecule has 0 saturated carbocycles. The molecule has 5 nitrogen and oxygen atoms in total. The Kier molecular flexibility index (Phi) is 5.40. The first-order chi connectivity index (χ1) is 12.1. The highest BCUT2D eigenvalue weighted by atomic mass is 32.2. The van der Waals surface area contributed by atoms with Crippen LogP contribution in [0.3, 0.4) is 0 Å². The first-order valence-corrected chi connectivity index (χ1v) is 9.51. The van der Waals surface area contributed by atoms with E-state index in [0.29, 0.717) is 6.54 Å². The molecule has 130 valence electrons. The van der Waals surface area contributed by atoms with Gasteiger partial charge in [0.1, 0.15) is 5.82 Å². The second-order valence-electron chi connectivity index (χ2n) is 5.93. The van der Waals surface area contributed by atoms with E-state index in [0.717, 1.165) is 34.6 Å². The third kappa shape index (κ3) is 3.86. The van der Waals surface area contributed by atoms with E-state index in [1.807, 2.05) is 36.4 Å². The lowest BCUT2D eigenvalue weighted by Crippen LogP contribution is -2.18. The van der Waals surface area contributed by atoms with Gasteiger partial charge in [0.2, 0.25) is 0 Å².